The van der Waals surface area contributed by atoms with Crippen molar-refractivity contribution in [3.63, 3.8) is 0 Å². The van der Waals surface area contributed by atoms with Gasteiger partial charge in [0.05, 0.1) is 0 Å². The van der Waals surface area contributed by atoms with Crippen molar-refractivity contribution in [2.75, 3.05) is 12.4 Å². The number of pyridine rings is 1. The molecule has 0 radical (unpaired) electrons. The van der Waals surface area contributed by atoms with Crippen molar-refractivity contribution in [3.8, 4) is 11.1 Å². The summed E-state index contributed by atoms with van der Waals surface area (Å²) in [7, 11) is 1.59. The number of amides is 2. The molecule has 104 valence electrons. The van der Waals surface area contributed by atoms with Crippen LogP contribution in [0.15, 0.2) is 30.5 Å². The molecule has 0 aliphatic rings. The summed E-state index contributed by atoms with van der Waals surface area (Å²) in [6.45, 7) is 6.16. The van der Waals surface area contributed by atoms with Gasteiger partial charge >= 0.3 is 6.03 Å². The quantitative estimate of drug-likeness (QED) is 0.877. The second-order valence-corrected chi connectivity index (χ2v) is 4.81. The van der Waals surface area contributed by atoms with Crippen molar-refractivity contribution in [2.24, 2.45) is 0 Å². The van der Waals surface area contributed by atoms with Crippen LogP contribution in [0.25, 0.3) is 11.1 Å². The van der Waals surface area contributed by atoms with E-state index in [1.165, 1.54) is 11.1 Å². The minimum atomic E-state index is -0.218. The summed E-state index contributed by atoms with van der Waals surface area (Å²) in [6, 6.07) is 7.61. The molecule has 0 saturated carbocycles. The van der Waals surface area contributed by atoms with Gasteiger partial charge in [-0.1, -0.05) is 12.1 Å². The van der Waals surface area contributed by atoms with Crippen LogP contribution < -0.4 is 10.6 Å². The minimum absolute atomic E-state index is 0.218. The van der Waals surface area contributed by atoms with Gasteiger partial charge in [0.15, 0.2) is 0 Å². The average molecular weight is 269 g/mol. The predicted octanol–water partition coefficient (Wildman–Crippen LogP) is 3.43. The Morgan fingerprint density at radius 3 is 2.35 bits per heavy atom. The number of benzene rings is 1. The maximum Gasteiger partial charge on any atom is 0.318 e. The zero-order valence-electron chi connectivity index (χ0n) is 12.2. The van der Waals surface area contributed by atoms with E-state index in [0.29, 0.717) is 0 Å². The molecule has 0 fully saturated rings. The van der Waals surface area contributed by atoms with Crippen molar-refractivity contribution in [3.05, 3.63) is 47.3 Å². The van der Waals surface area contributed by atoms with Crippen LogP contribution >= 0.6 is 0 Å². The molecule has 4 heteroatoms. The second-order valence-electron chi connectivity index (χ2n) is 4.81. The number of carbonyl (C=O) groups excluding carboxylic acids is 1. The van der Waals surface area contributed by atoms with E-state index in [-0.39, 0.29) is 6.03 Å². The zero-order valence-corrected chi connectivity index (χ0v) is 12.2. The molecule has 2 amide bonds. The molecule has 0 atom stereocenters. The molecule has 20 heavy (non-hydrogen) atoms. The Morgan fingerprint density at radius 1 is 1.10 bits per heavy atom. The molecule has 2 N–H and O–H groups in total. The Morgan fingerprint density at radius 2 is 1.75 bits per heavy atom. The number of aryl methyl sites for hydroxylation is 2. The normalized spacial score (nSPS) is 10.2. The van der Waals surface area contributed by atoms with Gasteiger partial charge in [-0.15, -0.1) is 0 Å². The smallest absolute Gasteiger partial charge is 0.318 e. The first-order valence-electron chi connectivity index (χ1n) is 6.55. The fourth-order valence-corrected chi connectivity index (χ4v) is 2.19. The number of anilines is 1. The predicted molar refractivity (Wildman–Crippen MR) is 82.0 cm³/mol. The van der Waals surface area contributed by atoms with Crippen LogP contribution in [0.4, 0.5) is 10.5 Å². The van der Waals surface area contributed by atoms with Gasteiger partial charge in [0.2, 0.25) is 0 Å². The fraction of sp³-hybridized carbons (Fsp3) is 0.250. The minimum Gasteiger partial charge on any atom is -0.341 e. The van der Waals surface area contributed by atoms with Crippen molar-refractivity contribution in [1.82, 2.24) is 10.3 Å². The number of nitrogens with zero attached hydrogens (tertiary/aromatic N) is 1. The Bertz CT molecular complexity index is 633. The van der Waals surface area contributed by atoms with Crippen molar-refractivity contribution < 1.29 is 4.79 Å². The highest BCUT2D eigenvalue weighted by molar-refractivity contribution is 5.89. The van der Waals surface area contributed by atoms with Crippen LogP contribution in [0.3, 0.4) is 0 Å². The van der Waals surface area contributed by atoms with Gasteiger partial charge in [-0.05, 0) is 55.2 Å². The Labute approximate surface area is 119 Å². The number of nitrogens with one attached hydrogen (secondary N) is 2. The highest BCUT2D eigenvalue weighted by Crippen LogP contribution is 2.28. The van der Waals surface area contributed by atoms with Crippen LogP contribution in [0.2, 0.25) is 0 Å². The summed E-state index contributed by atoms with van der Waals surface area (Å²) < 4.78 is 0. The molecular formula is C16H19N3O. The van der Waals surface area contributed by atoms with Gasteiger partial charge in [0.25, 0.3) is 0 Å². The van der Waals surface area contributed by atoms with Gasteiger partial charge in [0, 0.05) is 24.6 Å². The SMILES string of the molecule is CNC(=O)Nc1ccc(-c2c(C)cnc(C)c2C)cc1. The highest BCUT2D eigenvalue weighted by Gasteiger charge is 2.09. The highest BCUT2D eigenvalue weighted by atomic mass is 16.2. The van der Waals surface area contributed by atoms with E-state index in [2.05, 4.69) is 29.5 Å². The van der Waals surface area contributed by atoms with Gasteiger partial charge < -0.3 is 10.6 Å². The van der Waals surface area contributed by atoms with Crippen molar-refractivity contribution in [1.29, 1.82) is 0 Å². The lowest BCUT2D eigenvalue weighted by atomic mass is 9.96. The van der Waals surface area contributed by atoms with E-state index >= 15 is 0 Å². The first-order valence-corrected chi connectivity index (χ1v) is 6.55. The van der Waals surface area contributed by atoms with Crippen LogP contribution in [0, 0.1) is 20.8 Å². The van der Waals surface area contributed by atoms with Crippen LogP contribution in [-0.2, 0) is 0 Å². The largest absolute Gasteiger partial charge is 0.341 e. The Kier molecular flexibility index (Phi) is 4.03. The van der Waals surface area contributed by atoms with E-state index < -0.39 is 0 Å². The third kappa shape index (κ3) is 2.79. The van der Waals surface area contributed by atoms with Crippen molar-refractivity contribution >= 4 is 11.7 Å². The molecule has 0 aliphatic heterocycles. The molecule has 0 spiro atoms. The van der Waals surface area contributed by atoms with Crippen molar-refractivity contribution in [2.45, 2.75) is 20.8 Å². The van der Waals surface area contributed by atoms with Crippen LogP contribution in [-0.4, -0.2) is 18.1 Å². The summed E-state index contributed by atoms with van der Waals surface area (Å²) in [5.41, 5.74) is 6.50. The molecule has 1 aromatic carbocycles. The van der Waals surface area contributed by atoms with E-state index in [4.69, 9.17) is 0 Å². The fourth-order valence-electron chi connectivity index (χ4n) is 2.19. The van der Waals surface area contributed by atoms with Gasteiger partial charge in [-0.3, -0.25) is 4.98 Å². The topological polar surface area (TPSA) is 54.0 Å². The standard InChI is InChI=1S/C16H19N3O/c1-10-9-18-12(3)11(2)15(10)13-5-7-14(8-6-13)19-16(20)17-4/h5-9H,1-4H3,(H2,17,19,20). The molecular weight excluding hydrogens is 250 g/mol. The number of aromatic nitrogens is 1. The summed E-state index contributed by atoms with van der Waals surface area (Å²) in [5.74, 6) is 0. The summed E-state index contributed by atoms with van der Waals surface area (Å²) in [6.07, 6.45) is 1.90. The number of hydrogen-bond donors (Lipinski definition) is 2. The first kappa shape index (κ1) is 14.1. The Hall–Kier alpha value is -2.36. The molecule has 4 nitrogen and oxygen atoms in total. The third-order valence-electron chi connectivity index (χ3n) is 3.42. The lowest BCUT2D eigenvalue weighted by Gasteiger charge is -2.12. The van der Waals surface area contributed by atoms with Crippen LogP contribution in [0.1, 0.15) is 16.8 Å². The lowest BCUT2D eigenvalue weighted by Crippen LogP contribution is -2.24. The van der Waals surface area contributed by atoms with E-state index in [9.17, 15) is 4.79 Å². The van der Waals surface area contributed by atoms with Crippen LogP contribution in [0.5, 0.6) is 0 Å². The second kappa shape index (κ2) is 5.74. The Balaban J connectivity index is 2.36. The number of urea groups is 1. The van der Waals surface area contributed by atoms with Gasteiger partial charge in [-0.25, -0.2) is 4.79 Å². The number of carbonyl (C=O) groups is 1. The van der Waals surface area contributed by atoms with E-state index in [1.807, 2.05) is 37.4 Å². The molecule has 0 unspecified atom stereocenters. The maximum absolute atomic E-state index is 11.3. The number of rotatable bonds is 2. The monoisotopic (exact) mass is 269 g/mol. The van der Waals surface area contributed by atoms with Gasteiger partial charge in [0.1, 0.15) is 0 Å². The lowest BCUT2D eigenvalue weighted by molar-refractivity contribution is 0.254. The molecule has 0 bridgehead atoms. The van der Waals surface area contributed by atoms with E-state index in [1.54, 1.807) is 7.05 Å². The van der Waals surface area contributed by atoms with E-state index in [0.717, 1.165) is 22.5 Å². The van der Waals surface area contributed by atoms with Gasteiger partial charge in [-0.2, -0.15) is 0 Å². The first-order chi connectivity index (χ1) is 9.52. The number of hydrogen-bond acceptors (Lipinski definition) is 2. The molecule has 2 rings (SSSR count). The summed E-state index contributed by atoms with van der Waals surface area (Å²) in [4.78, 5) is 15.6. The third-order valence-corrected chi connectivity index (χ3v) is 3.42. The summed E-state index contributed by atoms with van der Waals surface area (Å²) >= 11 is 0. The summed E-state index contributed by atoms with van der Waals surface area (Å²) in [5, 5.41) is 5.28. The molecule has 0 saturated heterocycles. The average Bonchev–Trinajstić information content (AvgIpc) is 2.45. The maximum atomic E-state index is 11.3. The molecule has 0 aliphatic carbocycles. The zero-order chi connectivity index (χ0) is 14.7. The molecule has 1 aromatic heterocycles. The molecule has 2 aromatic rings. The molecule has 1 heterocycles.